The van der Waals surface area contributed by atoms with Crippen LogP contribution in [0.25, 0.3) is 0 Å². The predicted octanol–water partition coefficient (Wildman–Crippen LogP) is 4.44. The van der Waals surface area contributed by atoms with Gasteiger partial charge in [0.15, 0.2) is 9.84 Å². The first-order chi connectivity index (χ1) is 8.49. The van der Waals surface area contributed by atoms with Crippen molar-refractivity contribution < 1.29 is 8.42 Å². The van der Waals surface area contributed by atoms with Crippen molar-refractivity contribution >= 4 is 25.8 Å². The van der Waals surface area contributed by atoms with E-state index < -0.39 is 9.84 Å². The van der Waals surface area contributed by atoms with Crippen LogP contribution >= 0.6 is 15.9 Å². The molecule has 0 spiro atoms. The molecule has 0 aliphatic carbocycles. The van der Waals surface area contributed by atoms with E-state index in [1.807, 2.05) is 0 Å². The van der Waals surface area contributed by atoms with Gasteiger partial charge in [0, 0.05) is 4.47 Å². The predicted molar refractivity (Wildman–Crippen MR) is 79.5 cm³/mol. The first kappa shape index (κ1) is 15.7. The Morgan fingerprint density at radius 2 is 1.78 bits per heavy atom. The Kier molecular flexibility index (Phi) is 6.36. The van der Waals surface area contributed by atoms with Crippen molar-refractivity contribution in [3.8, 4) is 0 Å². The van der Waals surface area contributed by atoms with Crippen LogP contribution in [0.1, 0.15) is 39.5 Å². The van der Waals surface area contributed by atoms with Crippen molar-refractivity contribution in [3.63, 3.8) is 0 Å². The average molecular weight is 333 g/mol. The minimum absolute atomic E-state index is 0.269. The first-order valence-electron chi connectivity index (χ1n) is 6.48. The monoisotopic (exact) mass is 332 g/mol. The molecule has 0 saturated heterocycles. The molecule has 0 aliphatic heterocycles. The van der Waals surface area contributed by atoms with Gasteiger partial charge in [0.05, 0.1) is 10.6 Å². The Labute approximate surface area is 119 Å². The van der Waals surface area contributed by atoms with Crippen LogP contribution in [0, 0.1) is 5.92 Å². The van der Waals surface area contributed by atoms with Crippen molar-refractivity contribution in [2.45, 2.75) is 44.4 Å². The molecule has 102 valence electrons. The van der Waals surface area contributed by atoms with Crippen molar-refractivity contribution in [2.24, 2.45) is 5.92 Å². The van der Waals surface area contributed by atoms with E-state index in [1.165, 1.54) is 0 Å². The largest absolute Gasteiger partial charge is 0.224 e. The summed E-state index contributed by atoms with van der Waals surface area (Å²) in [5, 5.41) is 0. The van der Waals surface area contributed by atoms with E-state index in [4.69, 9.17) is 0 Å². The summed E-state index contributed by atoms with van der Waals surface area (Å²) in [6, 6.07) is 6.90. The molecule has 0 aliphatic rings. The van der Waals surface area contributed by atoms with Crippen molar-refractivity contribution in [1.82, 2.24) is 0 Å². The highest BCUT2D eigenvalue weighted by atomic mass is 79.9. The molecular formula is C14H21BrO2S. The molecule has 0 N–H and O–H groups in total. The van der Waals surface area contributed by atoms with E-state index in [0.29, 0.717) is 4.90 Å². The van der Waals surface area contributed by atoms with Gasteiger partial charge < -0.3 is 0 Å². The van der Waals surface area contributed by atoms with Crippen LogP contribution in [0.4, 0.5) is 0 Å². The standard InChI is InChI=1S/C14H21BrO2S/c1-3-5-6-12(4-2)11-18(16,17)14-9-7-13(15)8-10-14/h7-10,12H,3-6,11H2,1-2H3. The van der Waals surface area contributed by atoms with Crippen molar-refractivity contribution in [2.75, 3.05) is 5.75 Å². The van der Waals surface area contributed by atoms with Gasteiger partial charge in [-0.2, -0.15) is 0 Å². The number of rotatable bonds is 7. The Balaban J connectivity index is 2.77. The van der Waals surface area contributed by atoms with Crippen LogP contribution < -0.4 is 0 Å². The van der Waals surface area contributed by atoms with Crippen molar-refractivity contribution in [3.05, 3.63) is 28.7 Å². The molecule has 1 atom stereocenters. The van der Waals surface area contributed by atoms with Crippen molar-refractivity contribution in [1.29, 1.82) is 0 Å². The molecule has 0 bridgehead atoms. The van der Waals surface area contributed by atoms with Gasteiger partial charge in [-0.3, -0.25) is 0 Å². The number of halogens is 1. The van der Waals surface area contributed by atoms with Crippen LogP contribution in [0.2, 0.25) is 0 Å². The molecule has 0 fully saturated rings. The van der Waals surface area contributed by atoms with Gasteiger partial charge >= 0.3 is 0 Å². The third kappa shape index (κ3) is 4.73. The highest BCUT2D eigenvalue weighted by Gasteiger charge is 2.19. The van der Waals surface area contributed by atoms with Gasteiger partial charge in [-0.05, 0) is 36.6 Å². The summed E-state index contributed by atoms with van der Waals surface area (Å²) < 4.78 is 25.4. The molecule has 0 aromatic heterocycles. The molecule has 0 amide bonds. The summed E-state index contributed by atoms with van der Waals surface area (Å²) in [4.78, 5) is 0.431. The molecule has 1 aromatic carbocycles. The second-order valence-corrected chi connectivity index (χ2v) is 7.60. The molecule has 4 heteroatoms. The van der Waals surface area contributed by atoms with Crippen LogP contribution in [0.5, 0.6) is 0 Å². The third-order valence-electron chi connectivity index (χ3n) is 3.17. The average Bonchev–Trinajstić information content (AvgIpc) is 2.35. The summed E-state index contributed by atoms with van der Waals surface area (Å²) in [5.41, 5.74) is 0. The number of hydrogen-bond donors (Lipinski definition) is 0. The SMILES string of the molecule is CCCCC(CC)CS(=O)(=O)c1ccc(Br)cc1. The second-order valence-electron chi connectivity index (χ2n) is 4.65. The van der Waals surface area contributed by atoms with Gasteiger partial charge in [0.1, 0.15) is 0 Å². The molecule has 2 nitrogen and oxygen atoms in total. The van der Waals surface area contributed by atoms with E-state index >= 15 is 0 Å². The Morgan fingerprint density at radius 1 is 1.17 bits per heavy atom. The number of sulfone groups is 1. The van der Waals surface area contributed by atoms with E-state index in [-0.39, 0.29) is 11.7 Å². The van der Waals surface area contributed by atoms with Crippen LogP contribution in [-0.2, 0) is 9.84 Å². The summed E-state index contributed by atoms with van der Waals surface area (Å²) >= 11 is 3.32. The Hall–Kier alpha value is -0.350. The van der Waals surface area contributed by atoms with E-state index in [9.17, 15) is 8.42 Å². The van der Waals surface area contributed by atoms with Crippen LogP contribution in [0.3, 0.4) is 0 Å². The van der Waals surface area contributed by atoms with E-state index in [2.05, 4.69) is 29.8 Å². The van der Waals surface area contributed by atoms with Crippen LogP contribution in [0.15, 0.2) is 33.6 Å². The maximum absolute atomic E-state index is 12.3. The molecule has 0 heterocycles. The normalized spacial score (nSPS) is 13.5. The molecule has 1 rings (SSSR count). The fraction of sp³-hybridized carbons (Fsp3) is 0.571. The summed E-state index contributed by atoms with van der Waals surface area (Å²) in [7, 11) is -3.14. The maximum Gasteiger partial charge on any atom is 0.178 e. The topological polar surface area (TPSA) is 34.1 Å². The van der Waals surface area contributed by atoms with Crippen LogP contribution in [-0.4, -0.2) is 14.2 Å². The lowest BCUT2D eigenvalue weighted by Crippen LogP contribution is -2.16. The second kappa shape index (κ2) is 7.29. The lowest BCUT2D eigenvalue weighted by atomic mass is 10.0. The lowest BCUT2D eigenvalue weighted by Gasteiger charge is -2.14. The number of hydrogen-bond acceptors (Lipinski definition) is 2. The molecule has 0 saturated carbocycles. The van der Waals surface area contributed by atoms with Gasteiger partial charge in [-0.1, -0.05) is 49.0 Å². The smallest absolute Gasteiger partial charge is 0.178 e. The molecular weight excluding hydrogens is 312 g/mol. The Morgan fingerprint density at radius 3 is 2.28 bits per heavy atom. The quantitative estimate of drug-likeness (QED) is 0.739. The van der Waals surface area contributed by atoms with E-state index in [0.717, 1.165) is 30.2 Å². The fourth-order valence-corrected chi connectivity index (χ4v) is 3.98. The zero-order valence-corrected chi connectivity index (χ0v) is 13.4. The molecule has 18 heavy (non-hydrogen) atoms. The third-order valence-corrected chi connectivity index (χ3v) is 5.60. The lowest BCUT2D eigenvalue weighted by molar-refractivity contribution is 0.483. The minimum atomic E-state index is -3.14. The molecule has 1 unspecified atom stereocenters. The van der Waals surface area contributed by atoms with Gasteiger partial charge in [0.25, 0.3) is 0 Å². The van der Waals surface area contributed by atoms with E-state index in [1.54, 1.807) is 24.3 Å². The Bertz CT molecular complexity index is 451. The number of benzene rings is 1. The zero-order chi connectivity index (χ0) is 13.6. The highest BCUT2D eigenvalue weighted by Crippen LogP contribution is 2.21. The summed E-state index contributed by atoms with van der Waals surface area (Å²) in [6.07, 6.45) is 4.15. The number of unbranched alkanes of at least 4 members (excludes halogenated alkanes) is 1. The summed E-state index contributed by atoms with van der Waals surface area (Å²) in [5.74, 6) is 0.545. The first-order valence-corrected chi connectivity index (χ1v) is 8.92. The minimum Gasteiger partial charge on any atom is -0.224 e. The summed E-state index contributed by atoms with van der Waals surface area (Å²) in [6.45, 7) is 4.20. The zero-order valence-electron chi connectivity index (χ0n) is 11.0. The molecule has 1 aromatic rings. The molecule has 0 radical (unpaired) electrons. The fourth-order valence-electron chi connectivity index (χ4n) is 1.95. The van der Waals surface area contributed by atoms with Gasteiger partial charge in [-0.15, -0.1) is 0 Å². The highest BCUT2D eigenvalue weighted by molar-refractivity contribution is 9.10. The maximum atomic E-state index is 12.3. The van der Waals surface area contributed by atoms with Gasteiger partial charge in [0.2, 0.25) is 0 Å². The van der Waals surface area contributed by atoms with Gasteiger partial charge in [-0.25, -0.2) is 8.42 Å².